The van der Waals surface area contributed by atoms with Crippen LogP contribution in [0.4, 0.5) is 0 Å². The van der Waals surface area contributed by atoms with Gasteiger partial charge in [-0.25, -0.2) is 13.1 Å². The fourth-order valence-corrected chi connectivity index (χ4v) is 2.49. The van der Waals surface area contributed by atoms with Crippen LogP contribution in [0, 0.1) is 0 Å². The van der Waals surface area contributed by atoms with E-state index in [1.165, 1.54) is 0 Å². The quantitative estimate of drug-likeness (QED) is 0.357. The van der Waals surface area contributed by atoms with E-state index in [9.17, 15) is 8.42 Å². The van der Waals surface area contributed by atoms with Crippen LogP contribution >= 0.6 is 0 Å². The summed E-state index contributed by atoms with van der Waals surface area (Å²) in [6.07, 6.45) is 2.02. The first-order valence-corrected chi connectivity index (χ1v) is 8.74. The zero-order valence-electron chi connectivity index (χ0n) is 12.4. The van der Waals surface area contributed by atoms with Crippen LogP contribution in [0.5, 0.6) is 0 Å². The molecule has 0 bridgehead atoms. The Kier molecular flexibility index (Phi) is 7.78. The van der Waals surface area contributed by atoms with Gasteiger partial charge in [0.2, 0.25) is 10.0 Å². The number of aliphatic imine (C=N–C) groups is 1. The highest BCUT2D eigenvalue weighted by molar-refractivity contribution is 7.89. The first-order valence-electron chi connectivity index (χ1n) is 7.08. The van der Waals surface area contributed by atoms with Crippen molar-refractivity contribution in [3.8, 4) is 0 Å². The molecule has 1 aromatic carbocycles. The molecule has 0 aliphatic rings. The number of hydrogen-bond donors (Lipinski definition) is 3. The maximum Gasteiger partial charge on any atom is 0.213 e. The van der Waals surface area contributed by atoms with Crippen molar-refractivity contribution in [3.05, 3.63) is 35.9 Å². The van der Waals surface area contributed by atoms with Crippen molar-refractivity contribution < 1.29 is 8.42 Å². The predicted molar refractivity (Wildman–Crippen MR) is 86.5 cm³/mol. The molecule has 0 saturated heterocycles. The third kappa shape index (κ3) is 8.31. The molecule has 21 heavy (non-hydrogen) atoms. The highest BCUT2D eigenvalue weighted by Crippen LogP contribution is 1.98. The Morgan fingerprint density at radius 1 is 1.29 bits per heavy atom. The lowest BCUT2D eigenvalue weighted by Crippen LogP contribution is -2.38. The summed E-state index contributed by atoms with van der Waals surface area (Å²) in [6.45, 7) is 3.27. The van der Waals surface area contributed by atoms with Crippen molar-refractivity contribution in [2.24, 2.45) is 10.7 Å². The predicted octanol–water partition coefficient (Wildman–Crippen LogP) is 0.810. The van der Waals surface area contributed by atoms with Gasteiger partial charge in [0.05, 0.1) is 5.75 Å². The standard InChI is InChI=1S/C14H24N4O2S/c1-2-3-9-16-14(15)17-10-11-21(19,20)18-12-13-7-5-4-6-8-13/h4-8,18H,2-3,9-12H2,1H3,(H3,15,16,17). The fourth-order valence-electron chi connectivity index (χ4n) is 1.59. The van der Waals surface area contributed by atoms with Crippen LogP contribution in [0.1, 0.15) is 25.3 Å². The molecular weight excluding hydrogens is 288 g/mol. The molecule has 0 saturated carbocycles. The summed E-state index contributed by atoms with van der Waals surface area (Å²) < 4.78 is 26.2. The third-order valence-electron chi connectivity index (χ3n) is 2.81. The summed E-state index contributed by atoms with van der Waals surface area (Å²) >= 11 is 0. The first-order chi connectivity index (χ1) is 10.0. The van der Waals surface area contributed by atoms with E-state index in [1.807, 2.05) is 30.3 Å². The highest BCUT2D eigenvalue weighted by atomic mass is 32.2. The molecule has 0 heterocycles. The van der Waals surface area contributed by atoms with E-state index in [-0.39, 0.29) is 12.3 Å². The van der Waals surface area contributed by atoms with Crippen LogP contribution in [-0.4, -0.2) is 33.2 Å². The Bertz CT molecular complexity index is 529. The van der Waals surface area contributed by atoms with Gasteiger partial charge in [-0.15, -0.1) is 0 Å². The van der Waals surface area contributed by atoms with Crippen molar-refractivity contribution in [1.82, 2.24) is 10.0 Å². The number of nitrogens with zero attached hydrogens (tertiary/aromatic N) is 1. The van der Waals surface area contributed by atoms with Gasteiger partial charge in [0.1, 0.15) is 0 Å². The summed E-state index contributed by atoms with van der Waals surface area (Å²) in [7, 11) is -3.32. The molecule has 6 nitrogen and oxygen atoms in total. The first kappa shape index (κ1) is 17.5. The van der Waals surface area contributed by atoms with E-state index >= 15 is 0 Å². The van der Waals surface area contributed by atoms with Crippen LogP contribution in [-0.2, 0) is 16.6 Å². The summed E-state index contributed by atoms with van der Waals surface area (Å²) in [5, 5.41) is 2.80. The zero-order valence-corrected chi connectivity index (χ0v) is 13.2. The topological polar surface area (TPSA) is 96.6 Å². The second-order valence-corrected chi connectivity index (χ2v) is 6.60. The number of unbranched alkanes of at least 4 members (excludes halogenated alkanes) is 1. The summed E-state index contributed by atoms with van der Waals surface area (Å²) in [5.41, 5.74) is 6.56. The number of guanidine groups is 1. The zero-order chi connectivity index (χ0) is 15.6. The number of sulfonamides is 1. The van der Waals surface area contributed by atoms with E-state index in [0.29, 0.717) is 19.0 Å². The monoisotopic (exact) mass is 312 g/mol. The molecule has 4 N–H and O–H groups in total. The van der Waals surface area contributed by atoms with E-state index in [2.05, 4.69) is 22.0 Å². The molecule has 0 atom stereocenters. The second kappa shape index (κ2) is 9.36. The number of nitrogens with one attached hydrogen (secondary N) is 2. The van der Waals surface area contributed by atoms with Crippen LogP contribution < -0.4 is 15.8 Å². The Morgan fingerprint density at radius 3 is 2.67 bits per heavy atom. The largest absolute Gasteiger partial charge is 0.370 e. The Labute approximate surface area is 126 Å². The van der Waals surface area contributed by atoms with Crippen LogP contribution in [0.2, 0.25) is 0 Å². The van der Waals surface area contributed by atoms with Crippen molar-refractivity contribution >= 4 is 16.0 Å². The molecule has 7 heteroatoms. The smallest absolute Gasteiger partial charge is 0.213 e. The molecule has 118 valence electrons. The van der Waals surface area contributed by atoms with Crippen molar-refractivity contribution in [2.45, 2.75) is 26.3 Å². The maximum absolute atomic E-state index is 11.8. The SMILES string of the molecule is CCCCN=C(N)NCCS(=O)(=O)NCc1ccccc1. The number of benzene rings is 1. The Balaban J connectivity index is 2.28. The molecule has 0 unspecified atom stereocenters. The number of rotatable bonds is 9. The lowest BCUT2D eigenvalue weighted by atomic mass is 10.2. The molecule has 0 fully saturated rings. The second-order valence-electron chi connectivity index (χ2n) is 4.67. The average molecular weight is 312 g/mol. The van der Waals surface area contributed by atoms with Gasteiger partial charge in [0, 0.05) is 19.6 Å². The van der Waals surface area contributed by atoms with Gasteiger partial charge >= 0.3 is 0 Å². The minimum atomic E-state index is -3.32. The lowest BCUT2D eigenvalue weighted by molar-refractivity contribution is 0.580. The van der Waals surface area contributed by atoms with E-state index in [0.717, 1.165) is 18.4 Å². The van der Waals surface area contributed by atoms with Gasteiger partial charge in [-0.1, -0.05) is 43.7 Å². The van der Waals surface area contributed by atoms with Gasteiger partial charge < -0.3 is 11.1 Å². The summed E-state index contributed by atoms with van der Waals surface area (Å²) in [6, 6.07) is 9.39. The Morgan fingerprint density at radius 2 is 2.00 bits per heavy atom. The van der Waals surface area contributed by atoms with Crippen molar-refractivity contribution in [2.75, 3.05) is 18.8 Å². The van der Waals surface area contributed by atoms with Gasteiger partial charge in [-0.05, 0) is 12.0 Å². The molecule has 0 spiro atoms. The molecule has 1 aromatic rings. The molecule has 0 aliphatic carbocycles. The van der Waals surface area contributed by atoms with Crippen molar-refractivity contribution in [3.63, 3.8) is 0 Å². The molecule has 1 rings (SSSR count). The minimum absolute atomic E-state index is 0.0379. The van der Waals surface area contributed by atoms with Crippen molar-refractivity contribution in [1.29, 1.82) is 0 Å². The summed E-state index contributed by atoms with van der Waals surface area (Å²) in [5.74, 6) is 0.255. The van der Waals surface area contributed by atoms with E-state index in [1.54, 1.807) is 0 Å². The molecule has 0 radical (unpaired) electrons. The molecule has 0 amide bonds. The maximum atomic E-state index is 11.8. The lowest BCUT2D eigenvalue weighted by Gasteiger charge is -2.08. The minimum Gasteiger partial charge on any atom is -0.370 e. The normalized spacial score (nSPS) is 12.3. The summed E-state index contributed by atoms with van der Waals surface area (Å²) in [4.78, 5) is 4.10. The van der Waals surface area contributed by atoms with Gasteiger partial charge in [-0.3, -0.25) is 4.99 Å². The van der Waals surface area contributed by atoms with Gasteiger partial charge in [0.15, 0.2) is 5.96 Å². The molecule has 0 aliphatic heterocycles. The van der Waals surface area contributed by atoms with Crippen LogP contribution in [0.3, 0.4) is 0 Å². The van der Waals surface area contributed by atoms with Crippen LogP contribution in [0.25, 0.3) is 0 Å². The fraction of sp³-hybridized carbons (Fsp3) is 0.500. The van der Waals surface area contributed by atoms with Crippen LogP contribution in [0.15, 0.2) is 35.3 Å². The van der Waals surface area contributed by atoms with E-state index in [4.69, 9.17) is 5.73 Å². The number of nitrogens with two attached hydrogens (primary N) is 1. The third-order valence-corrected chi connectivity index (χ3v) is 4.14. The molecule has 0 aromatic heterocycles. The number of hydrogen-bond acceptors (Lipinski definition) is 3. The molecular formula is C14H24N4O2S. The highest BCUT2D eigenvalue weighted by Gasteiger charge is 2.09. The van der Waals surface area contributed by atoms with Gasteiger partial charge in [-0.2, -0.15) is 0 Å². The van der Waals surface area contributed by atoms with Gasteiger partial charge in [0.25, 0.3) is 0 Å². The Hall–Kier alpha value is -1.60. The average Bonchev–Trinajstić information content (AvgIpc) is 2.46. The van der Waals surface area contributed by atoms with E-state index < -0.39 is 10.0 Å².